The lowest BCUT2D eigenvalue weighted by atomic mass is 10.00. The summed E-state index contributed by atoms with van der Waals surface area (Å²) in [5.74, 6) is -0.131. The molecule has 0 aliphatic heterocycles. The topological polar surface area (TPSA) is 59.2 Å². The summed E-state index contributed by atoms with van der Waals surface area (Å²) in [5.41, 5.74) is 0. The van der Waals surface area contributed by atoms with Gasteiger partial charge in [-0.05, 0) is 25.7 Å². The number of halogens is 1. The number of rotatable bonds is 5. The fourth-order valence-corrected chi connectivity index (χ4v) is 3.09. The summed E-state index contributed by atoms with van der Waals surface area (Å²) in [6.45, 7) is 3.27. The summed E-state index contributed by atoms with van der Waals surface area (Å²) >= 11 is 0. The summed E-state index contributed by atoms with van der Waals surface area (Å²) in [6, 6.07) is 0.0771. The van der Waals surface area contributed by atoms with Crippen molar-refractivity contribution in [3.05, 3.63) is 24.1 Å². The van der Waals surface area contributed by atoms with Crippen molar-refractivity contribution in [3.63, 3.8) is 0 Å². The van der Waals surface area contributed by atoms with Gasteiger partial charge in [0.05, 0.1) is 0 Å². The van der Waals surface area contributed by atoms with Crippen LogP contribution in [0.1, 0.15) is 69.0 Å². The van der Waals surface area contributed by atoms with Crippen LogP contribution in [0, 0.1) is 0 Å². The van der Waals surface area contributed by atoms with Crippen LogP contribution in [0.2, 0.25) is 0 Å². The van der Waals surface area contributed by atoms with Gasteiger partial charge in [-0.2, -0.15) is 4.98 Å². The third kappa shape index (κ3) is 3.54. The molecule has 0 radical (unpaired) electrons. The standard InChI is InChI=1S/C16H22FN3O2/c1-11(17)16(21)20(13-8-9-13)10-14-18-15(19-22-14)12-6-4-2-3-5-7-12/h12-13H,1-10H2. The van der Waals surface area contributed by atoms with E-state index in [9.17, 15) is 9.18 Å². The molecule has 0 N–H and O–H groups in total. The Morgan fingerprint density at radius 1 is 1.23 bits per heavy atom. The Bertz CT molecular complexity index is 545. The van der Waals surface area contributed by atoms with Crippen molar-refractivity contribution < 1.29 is 13.7 Å². The van der Waals surface area contributed by atoms with Crippen LogP contribution in [-0.2, 0) is 11.3 Å². The quantitative estimate of drug-likeness (QED) is 0.617. The molecule has 1 heterocycles. The molecule has 2 aliphatic rings. The average molecular weight is 307 g/mol. The van der Waals surface area contributed by atoms with Gasteiger partial charge in [-0.3, -0.25) is 4.79 Å². The third-order valence-electron chi connectivity index (χ3n) is 4.49. The lowest BCUT2D eigenvalue weighted by Crippen LogP contribution is -2.32. The van der Waals surface area contributed by atoms with E-state index in [2.05, 4.69) is 16.7 Å². The zero-order valence-electron chi connectivity index (χ0n) is 12.8. The van der Waals surface area contributed by atoms with Gasteiger partial charge in [-0.1, -0.05) is 37.4 Å². The first-order valence-corrected chi connectivity index (χ1v) is 8.13. The van der Waals surface area contributed by atoms with E-state index in [1.165, 1.54) is 30.6 Å². The van der Waals surface area contributed by atoms with E-state index in [1.807, 2.05) is 0 Å². The van der Waals surface area contributed by atoms with E-state index in [-0.39, 0.29) is 12.6 Å². The van der Waals surface area contributed by atoms with Crippen molar-refractivity contribution in [2.75, 3.05) is 0 Å². The van der Waals surface area contributed by atoms with Crippen LogP contribution in [0.4, 0.5) is 4.39 Å². The molecule has 120 valence electrons. The highest BCUT2D eigenvalue weighted by molar-refractivity contribution is 5.90. The predicted octanol–water partition coefficient (Wildman–Crippen LogP) is 3.48. The first kappa shape index (κ1) is 15.2. The maximum Gasteiger partial charge on any atom is 0.282 e. The summed E-state index contributed by atoms with van der Waals surface area (Å²) < 4.78 is 18.4. The molecule has 0 aromatic carbocycles. The zero-order valence-corrected chi connectivity index (χ0v) is 12.8. The average Bonchev–Trinajstić information content (AvgIpc) is 3.29. The molecular weight excluding hydrogens is 285 g/mol. The second-order valence-electron chi connectivity index (χ2n) is 6.30. The smallest absolute Gasteiger partial charge is 0.282 e. The number of nitrogens with zero attached hydrogens (tertiary/aromatic N) is 3. The Morgan fingerprint density at radius 3 is 2.50 bits per heavy atom. The highest BCUT2D eigenvalue weighted by Crippen LogP contribution is 2.31. The van der Waals surface area contributed by atoms with Crippen molar-refractivity contribution in [2.24, 2.45) is 0 Å². The molecule has 0 unspecified atom stereocenters. The largest absolute Gasteiger partial charge is 0.337 e. The van der Waals surface area contributed by atoms with E-state index in [1.54, 1.807) is 0 Å². The van der Waals surface area contributed by atoms with Crippen LogP contribution in [0.5, 0.6) is 0 Å². The SMILES string of the molecule is C=C(F)C(=O)N(Cc1nc(C2CCCCCC2)no1)C1CC1. The molecule has 2 saturated carbocycles. The molecule has 1 amide bonds. The van der Waals surface area contributed by atoms with E-state index < -0.39 is 11.7 Å². The van der Waals surface area contributed by atoms with Crippen LogP contribution < -0.4 is 0 Å². The second kappa shape index (κ2) is 6.58. The molecule has 3 rings (SSSR count). The Morgan fingerprint density at radius 2 is 1.91 bits per heavy atom. The van der Waals surface area contributed by atoms with Gasteiger partial charge in [0.15, 0.2) is 11.7 Å². The van der Waals surface area contributed by atoms with Crippen molar-refractivity contribution in [1.29, 1.82) is 0 Å². The predicted molar refractivity (Wildman–Crippen MR) is 78.6 cm³/mol. The minimum Gasteiger partial charge on any atom is -0.337 e. The van der Waals surface area contributed by atoms with Crippen molar-refractivity contribution in [1.82, 2.24) is 15.0 Å². The molecule has 1 aromatic heterocycles. The molecule has 6 heteroatoms. The Kier molecular flexibility index (Phi) is 4.55. The number of carbonyl (C=O) groups excluding carboxylic acids is 1. The van der Waals surface area contributed by atoms with Crippen molar-refractivity contribution >= 4 is 5.91 Å². The summed E-state index contributed by atoms with van der Waals surface area (Å²) in [4.78, 5) is 17.7. The zero-order chi connectivity index (χ0) is 15.5. The van der Waals surface area contributed by atoms with Gasteiger partial charge in [0.25, 0.3) is 5.91 Å². The van der Waals surface area contributed by atoms with Gasteiger partial charge >= 0.3 is 0 Å². The third-order valence-corrected chi connectivity index (χ3v) is 4.49. The molecule has 2 aliphatic carbocycles. The number of carbonyl (C=O) groups is 1. The van der Waals surface area contributed by atoms with Gasteiger partial charge in [0, 0.05) is 12.0 Å². The van der Waals surface area contributed by atoms with Gasteiger partial charge in [-0.25, -0.2) is 4.39 Å². The van der Waals surface area contributed by atoms with Crippen molar-refractivity contribution in [2.45, 2.75) is 69.9 Å². The maximum atomic E-state index is 13.1. The number of hydrogen-bond acceptors (Lipinski definition) is 4. The lowest BCUT2D eigenvalue weighted by molar-refractivity contribution is -0.130. The number of aromatic nitrogens is 2. The van der Waals surface area contributed by atoms with Crippen LogP contribution in [0.3, 0.4) is 0 Å². The van der Waals surface area contributed by atoms with E-state index in [0.29, 0.717) is 11.8 Å². The van der Waals surface area contributed by atoms with E-state index in [0.717, 1.165) is 31.5 Å². The Labute approximate surface area is 129 Å². The van der Waals surface area contributed by atoms with Crippen molar-refractivity contribution in [3.8, 4) is 0 Å². The molecular formula is C16H22FN3O2. The molecule has 5 nitrogen and oxygen atoms in total. The monoisotopic (exact) mass is 307 g/mol. The van der Waals surface area contributed by atoms with E-state index >= 15 is 0 Å². The number of hydrogen-bond donors (Lipinski definition) is 0. The Hall–Kier alpha value is -1.72. The molecule has 0 spiro atoms. The highest BCUT2D eigenvalue weighted by atomic mass is 19.1. The molecule has 1 aromatic rings. The van der Waals surface area contributed by atoms with Gasteiger partial charge < -0.3 is 9.42 Å². The van der Waals surface area contributed by atoms with Gasteiger partial charge in [0.1, 0.15) is 6.54 Å². The second-order valence-corrected chi connectivity index (χ2v) is 6.30. The first-order valence-electron chi connectivity index (χ1n) is 8.13. The molecule has 0 bridgehead atoms. The lowest BCUT2D eigenvalue weighted by Gasteiger charge is -2.18. The number of amides is 1. The minimum absolute atomic E-state index is 0.0771. The fraction of sp³-hybridized carbons (Fsp3) is 0.688. The maximum absolute atomic E-state index is 13.1. The summed E-state index contributed by atoms with van der Waals surface area (Å²) in [5, 5.41) is 4.08. The minimum atomic E-state index is -0.935. The van der Waals surface area contributed by atoms with Crippen LogP contribution in [0.15, 0.2) is 16.9 Å². The van der Waals surface area contributed by atoms with Gasteiger partial charge in [-0.15, -0.1) is 0 Å². The molecule has 0 saturated heterocycles. The summed E-state index contributed by atoms with van der Waals surface area (Å²) in [7, 11) is 0. The molecule has 0 atom stereocenters. The van der Waals surface area contributed by atoms with Crippen LogP contribution >= 0.6 is 0 Å². The fourth-order valence-electron chi connectivity index (χ4n) is 3.09. The molecule has 2 fully saturated rings. The van der Waals surface area contributed by atoms with Crippen LogP contribution in [0.25, 0.3) is 0 Å². The van der Waals surface area contributed by atoms with E-state index in [4.69, 9.17) is 4.52 Å². The normalized spacial score (nSPS) is 19.7. The highest BCUT2D eigenvalue weighted by Gasteiger charge is 2.35. The first-order chi connectivity index (χ1) is 10.6. The van der Waals surface area contributed by atoms with Gasteiger partial charge in [0.2, 0.25) is 5.89 Å². The summed E-state index contributed by atoms with van der Waals surface area (Å²) in [6.07, 6.45) is 8.89. The Balaban J connectivity index is 1.67. The molecule has 22 heavy (non-hydrogen) atoms. The van der Waals surface area contributed by atoms with Crippen LogP contribution in [-0.4, -0.2) is 27.0 Å².